The van der Waals surface area contributed by atoms with Gasteiger partial charge in [0.15, 0.2) is 0 Å². The number of benzene rings is 1. The largest absolute Gasteiger partial charge is 0.366 e. The molecule has 1 amide bonds. The molecule has 30 heavy (non-hydrogen) atoms. The second kappa shape index (κ2) is 9.69. The summed E-state index contributed by atoms with van der Waals surface area (Å²) in [5, 5.41) is 10.00. The summed E-state index contributed by atoms with van der Waals surface area (Å²) >= 11 is 6.40. The third kappa shape index (κ3) is 5.14. The monoisotopic (exact) mass is 421 g/mol. The van der Waals surface area contributed by atoms with Crippen LogP contribution in [0.15, 0.2) is 60.8 Å². The van der Waals surface area contributed by atoms with Gasteiger partial charge >= 0.3 is 0 Å². The average molecular weight is 422 g/mol. The van der Waals surface area contributed by atoms with Crippen LogP contribution in [-0.4, -0.2) is 29.0 Å². The predicted octanol–water partition coefficient (Wildman–Crippen LogP) is 4.35. The van der Waals surface area contributed by atoms with Crippen LogP contribution in [0.2, 0.25) is 5.02 Å². The van der Waals surface area contributed by atoms with E-state index in [0.29, 0.717) is 23.9 Å². The molecule has 1 aliphatic rings. The zero-order valence-corrected chi connectivity index (χ0v) is 17.3. The summed E-state index contributed by atoms with van der Waals surface area (Å²) in [5.74, 6) is 1.18. The Morgan fingerprint density at radius 2 is 2.00 bits per heavy atom. The van der Waals surface area contributed by atoms with E-state index in [4.69, 9.17) is 11.6 Å². The van der Waals surface area contributed by atoms with Crippen molar-refractivity contribution in [2.45, 2.75) is 19.4 Å². The Bertz CT molecular complexity index is 1010. The van der Waals surface area contributed by atoms with Gasteiger partial charge in [-0.05, 0) is 43.1 Å². The third-order valence-corrected chi connectivity index (χ3v) is 5.42. The molecule has 3 heterocycles. The Morgan fingerprint density at radius 1 is 1.13 bits per heavy atom. The topological polar surface area (TPSA) is 78.9 Å². The summed E-state index contributed by atoms with van der Waals surface area (Å²) < 4.78 is 0. The number of piperidine rings is 1. The first kappa shape index (κ1) is 20.3. The summed E-state index contributed by atoms with van der Waals surface area (Å²) in [7, 11) is 0. The molecule has 1 aliphatic heterocycles. The highest BCUT2D eigenvalue weighted by molar-refractivity contribution is 6.33. The summed E-state index contributed by atoms with van der Waals surface area (Å²) in [5.41, 5.74) is 2.62. The normalized spacial score (nSPS) is 16.1. The Morgan fingerprint density at radius 3 is 2.80 bits per heavy atom. The lowest BCUT2D eigenvalue weighted by atomic mass is 9.99. The molecular formula is C23H24ClN5O. The zero-order valence-electron chi connectivity index (χ0n) is 16.6. The number of amides is 1. The Hall–Kier alpha value is -2.96. The Labute approximate surface area is 181 Å². The summed E-state index contributed by atoms with van der Waals surface area (Å²) in [4.78, 5) is 21.5. The van der Waals surface area contributed by atoms with E-state index in [9.17, 15) is 4.79 Å². The highest BCUT2D eigenvalue weighted by Crippen LogP contribution is 2.29. The maximum Gasteiger partial charge on any atom is 0.229 e. The number of carbonyl (C=O) groups is 1. The lowest BCUT2D eigenvalue weighted by Gasteiger charge is -2.21. The molecule has 7 heteroatoms. The molecule has 0 radical (unpaired) electrons. The van der Waals surface area contributed by atoms with Gasteiger partial charge in [0.25, 0.3) is 0 Å². The molecule has 6 nitrogen and oxygen atoms in total. The van der Waals surface area contributed by atoms with Crippen molar-refractivity contribution in [3.63, 3.8) is 0 Å². The Kier molecular flexibility index (Phi) is 6.57. The molecule has 0 bridgehead atoms. The van der Waals surface area contributed by atoms with Crippen molar-refractivity contribution in [1.82, 2.24) is 15.3 Å². The van der Waals surface area contributed by atoms with E-state index in [2.05, 4.69) is 38.1 Å². The first-order valence-electron chi connectivity index (χ1n) is 10.1. The van der Waals surface area contributed by atoms with E-state index in [1.807, 2.05) is 36.4 Å². The number of nitrogens with one attached hydrogen (secondary N) is 3. The molecule has 2 aromatic heterocycles. The van der Waals surface area contributed by atoms with Crippen molar-refractivity contribution in [2.24, 2.45) is 5.92 Å². The molecule has 3 aromatic rings. The molecule has 0 aliphatic carbocycles. The van der Waals surface area contributed by atoms with Gasteiger partial charge < -0.3 is 16.0 Å². The van der Waals surface area contributed by atoms with Gasteiger partial charge in [-0.15, -0.1) is 0 Å². The predicted molar refractivity (Wildman–Crippen MR) is 120 cm³/mol. The highest BCUT2D eigenvalue weighted by atomic mass is 35.5. The van der Waals surface area contributed by atoms with E-state index in [0.717, 1.165) is 36.5 Å². The van der Waals surface area contributed by atoms with Crippen LogP contribution in [0.1, 0.15) is 18.4 Å². The minimum atomic E-state index is -0.0386. The molecule has 1 saturated heterocycles. The molecule has 1 atom stereocenters. The van der Waals surface area contributed by atoms with Crippen molar-refractivity contribution >= 4 is 29.1 Å². The van der Waals surface area contributed by atoms with Crippen LogP contribution in [0.4, 0.5) is 11.6 Å². The number of pyridine rings is 2. The van der Waals surface area contributed by atoms with Crippen LogP contribution in [0, 0.1) is 5.92 Å². The summed E-state index contributed by atoms with van der Waals surface area (Å²) in [6.07, 6.45) is 3.44. The maximum absolute atomic E-state index is 12.5. The number of nitrogens with zero attached hydrogens (tertiary/aromatic N) is 2. The molecule has 1 fully saturated rings. The molecule has 0 unspecified atom stereocenters. The smallest absolute Gasteiger partial charge is 0.229 e. The van der Waals surface area contributed by atoms with E-state index in [1.54, 1.807) is 12.3 Å². The fraction of sp³-hybridized carbons (Fsp3) is 0.261. The van der Waals surface area contributed by atoms with E-state index >= 15 is 0 Å². The van der Waals surface area contributed by atoms with Crippen LogP contribution < -0.4 is 16.0 Å². The SMILES string of the molecule is O=C(Nc1cc(-c2cccc(NCc3ccccc3)n2)c(Cl)cn1)[C@@H]1CCCNC1. The second-order valence-corrected chi connectivity index (χ2v) is 7.74. The number of aromatic nitrogens is 2. The number of halogens is 1. The van der Waals surface area contributed by atoms with Crippen LogP contribution in [0.3, 0.4) is 0 Å². The minimum absolute atomic E-state index is 0.0192. The third-order valence-electron chi connectivity index (χ3n) is 5.12. The highest BCUT2D eigenvalue weighted by Gasteiger charge is 2.21. The second-order valence-electron chi connectivity index (χ2n) is 7.33. The lowest BCUT2D eigenvalue weighted by molar-refractivity contribution is -0.120. The molecule has 4 rings (SSSR count). The molecule has 154 valence electrons. The van der Waals surface area contributed by atoms with Crippen molar-refractivity contribution in [3.05, 3.63) is 71.4 Å². The van der Waals surface area contributed by atoms with Gasteiger partial charge in [-0.2, -0.15) is 0 Å². The van der Waals surface area contributed by atoms with Crippen molar-refractivity contribution in [1.29, 1.82) is 0 Å². The number of hydrogen-bond acceptors (Lipinski definition) is 5. The first-order chi connectivity index (χ1) is 14.7. The standard InChI is InChI=1S/C23H24ClN5O/c24-19-15-27-22(29-23(30)17-8-5-11-25-14-17)12-18(19)20-9-4-10-21(28-20)26-13-16-6-2-1-3-7-16/h1-4,6-7,9-10,12,15,17,25H,5,8,11,13-14H2,(H,26,28)(H,27,29,30)/t17-/m1/s1. The number of anilines is 2. The quantitative estimate of drug-likeness (QED) is 0.551. The van der Waals surface area contributed by atoms with Crippen molar-refractivity contribution in [3.8, 4) is 11.3 Å². The lowest BCUT2D eigenvalue weighted by Crippen LogP contribution is -2.37. The van der Waals surface area contributed by atoms with Crippen LogP contribution in [0.25, 0.3) is 11.3 Å². The number of carbonyl (C=O) groups excluding carboxylic acids is 1. The molecule has 3 N–H and O–H groups in total. The summed E-state index contributed by atoms with van der Waals surface area (Å²) in [6.45, 7) is 2.34. The van der Waals surface area contributed by atoms with Gasteiger partial charge in [0.2, 0.25) is 5.91 Å². The summed E-state index contributed by atoms with van der Waals surface area (Å²) in [6, 6.07) is 17.7. The molecule has 0 spiro atoms. The molecule has 1 aromatic carbocycles. The van der Waals surface area contributed by atoms with Crippen LogP contribution >= 0.6 is 11.6 Å². The fourth-order valence-electron chi connectivity index (χ4n) is 3.48. The first-order valence-corrected chi connectivity index (χ1v) is 10.5. The van der Waals surface area contributed by atoms with Gasteiger partial charge in [0.05, 0.1) is 16.6 Å². The fourth-order valence-corrected chi connectivity index (χ4v) is 3.68. The molecule has 0 saturated carbocycles. The Balaban J connectivity index is 1.49. The van der Waals surface area contributed by atoms with Crippen LogP contribution in [-0.2, 0) is 11.3 Å². The van der Waals surface area contributed by atoms with Gasteiger partial charge in [0, 0.05) is 24.8 Å². The van der Waals surface area contributed by atoms with Crippen LogP contribution in [0.5, 0.6) is 0 Å². The zero-order chi connectivity index (χ0) is 20.8. The van der Waals surface area contributed by atoms with E-state index < -0.39 is 0 Å². The molecular weight excluding hydrogens is 398 g/mol. The van der Waals surface area contributed by atoms with E-state index in [-0.39, 0.29) is 11.8 Å². The van der Waals surface area contributed by atoms with Gasteiger partial charge in [-0.1, -0.05) is 48.0 Å². The van der Waals surface area contributed by atoms with E-state index in [1.165, 1.54) is 5.56 Å². The van der Waals surface area contributed by atoms with Crippen molar-refractivity contribution < 1.29 is 4.79 Å². The maximum atomic E-state index is 12.5. The minimum Gasteiger partial charge on any atom is -0.366 e. The number of rotatable bonds is 6. The number of hydrogen-bond donors (Lipinski definition) is 3. The van der Waals surface area contributed by atoms with Gasteiger partial charge in [-0.3, -0.25) is 4.79 Å². The van der Waals surface area contributed by atoms with Crippen molar-refractivity contribution in [2.75, 3.05) is 23.7 Å². The van der Waals surface area contributed by atoms with Gasteiger partial charge in [0.1, 0.15) is 11.6 Å². The average Bonchev–Trinajstić information content (AvgIpc) is 2.80. The van der Waals surface area contributed by atoms with Gasteiger partial charge in [-0.25, -0.2) is 9.97 Å².